The molecule has 0 saturated carbocycles. The van der Waals surface area contributed by atoms with Crippen LogP contribution in [0.2, 0.25) is 10.0 Å². The summed E-state index contributed by atoms with van der Waals surface area (Å²) >= 11 is 12.3. The van der Waals surface area contributed by atoms with Crippen LogP contribution in [-0.2, 0) is 15.1 Å². The summed E-state index contributed by atoms with van der Waals surface area (Å²) in [6.45, 7) is 2.01. The number of benzene rings is 3. The van der Waals surface area contributed by atoms with Gasteiger partial charge >= 0.3 is 5.97 Å². The van der Waals surface area contributed by atoms with Crippen LogP contribution < -0.4 is 10.1 Å². The summed E-state index contributed by atoms with van der Waals surface area (Å²) in [7, 11) is 1.61. The van der Waals surface area contributed by atoms with Crippen LogP contribution in [0.5, 0.6) is 5.75 Å². The third-order valence-corrected chi connectivity index (χ3v) is 5.93. The van der Waals surface area contributed by atoms with Crippen molar-refractivity contribution in [3.05, 3.63) is 99.5 Å². The molecule has 3 aromatic carbocycles. The number of carbonyl (C=O) groups is 1. The van der Waals surface area contributed by atoms with Gasteiger partial charge in [0.15, 0.2) is 0 Å². The van der Waals surface area contributed by atoms with Crippen molar-refractivity contribution in [3.63, 3.8) is 0 Å². The predicted octanol–water partition coefficient (Wildman–Crippen LogP) is 5.55. The van der Waals surface area contributed by atoms with Gasteiger partial charge < -0.3 is 14.8 Å². The number of hydrogen-bond donors (Lipinski definition) is 1. The number of nitrogens with one attached hydrogen (secondary N) is 1. The van der Waals surface area contributed by atoms with Crippen molar-refractivity contribution in [2.45, 2.75) is 18.5 Å². The van der Waals surface area contributed by atoms with Gasteiger partial charge in [-0.2, -0.15) is 0 Å². The van der Waals surface area contributed by atoms with Gasteiger partial charge in [-0.15, -0.1) is 0 Å². The molecule has 0 saturated heterocycles. The van der Waals surface area contributed by atoms with E-state index in [1.807, 2.05) is 48.5 Å². The average molecular weight is 469 g/mol. The summed E-state index contributed by atoms with van der Waals surface area (Å²) in [4.78, 5) is 18.5. The molecule has 1 heterocycles. The van der Waals surface area contributed by atoms with Crippen molar-refractivity contribution in [1.29, 1.82) is 0 Å². The SMILES string of the molecule is CCOC(=O)[C@]1(c2ccc(Cl)cc2)N=C(c2ccc(OC)cc2)N[C@H]1c1ccc(Cl)cc1. The first kappa shape index (κ1) is 22.2. The molecule has 0 spiro atoms. The summed E-state index contributed by atoms with van der Waals surface area (Å²) in [6.07, 6.45) is 0. The Morgan fingerprint density at radius 2 is 1.56 bits per heavy atom. The molecule has 32 heavy (non-hydrogen) atoms. The topological polar surface area (TPSA) is 59.9 Å². The van der Waals surface area contributed by atoms with Crippen molar-refractivity contribution in [2.24, 2.45) is 4.99 Å². The number of aliphatic imine (C=N–C) groups is 1. The lowest BCUT2D eigenvalue weighted by molar-refractivity contribution is -0.150. The molecule has 0 fully saturated rings. The summed E-state index contributed by atoms with van der Waals surface area (Å²) in [5.74, 6) is 0.866. The highest BCUT2D eigenvalue weighted by atomic mass is 35.5. The van der Waals surface area contributed by atoms with E-state index < -0.39 is 17.6 Å². The van der Waals surface area contributed by atoms with E-state index in [2.05, 4.69) is 5.32 Å². The number of halogens is 2. The standard InChI is InChI=1S/C25H22Cl2N2O3/c1-3-32-24(30)25(18-8-12-20(27)13-9-18)22(16-4-10-19(26)11-5-16)28-23(29-25)17-6-14-21(31-2)15-7-17/h4-15,22H,3H2,1-2H3,(H,28,29)/t22-,25+/m0/s1. The maximum Gasteiger partial charge on any atom is 0.341 e. The van der Waals surface area contributed by atoms with Crippen LogP contribution >= 0.6 is 23.2 Å². The second-order valence-electron chi connectivity index (χ2n) is 7.31. The van der Waals surface area contributed by atoms with Crippen LogP contribution in [0.3, 0.4) is 0 Å². The number of amidine groups is 1. The molecule has 0 aromatic heterocycles. The maximum absolute atomic E-state index is 13.5. The fraction of sp³-hybridized carbons (Fsp3) is 0.200. The minimum atomic E-state index is -1.34. The summed E-state index contributed by atoms with van der Waals surface area (Å²) in [6, 6.07) is 21.4. The van der Waals surface area contributed by atoms with Gasteiger partial charge in [-0.3, -0.25) is 0 Å². The number of esters is 1. The van der Waals surface area contributed by atoms with E-state index >= 15 is 0 Å². The number of hydrogen-bond acceptors (Lipinski definition) is 5. The highest BCUT2D eigenvalue weighted by molar-refractivity contribution is 6.30. The monoisotopic (exact) mass is 468 g/mol. The molecule has 7 heteroatoms. The van der Waals surface area contributed by atoms with E-state index in [-0.39, 0.29) is 6.61 Å². The average Bonchev–Trinajstić information content (AvgIpc) is 3.22. The molecule has 0 bridgehead atoms. The molecule has 2 atom stereocenters. The van der Waals surface area contributed by atoms with Crippen molar-refractivity contribution in [1.82, 2.24) is 5.32 Å². The minimum absolute atomic E-state index is 0.231. The molecule has 1 aliphatic heterocycles. The highest BCUT2D eigenvalue weighted by Crippen LogP contribution is 2.45. The molecule has 0 radical (unpaired) electrons. The van der Waals surface area contributed by atoms with Gasteiger partial charge in [-0.05, 0) is 66.6 Å². The van der Waals surface area contributed by atoms with E-state index in [1.165, 1.54) is 0 Å². The molecule has 1 N–H and O–H groups in total. The quantitative estimate of drug-likeness (QED) is 0.481. The van der Waals surface area contributed by atoms with E-state index in [0.29, 0.717) is 21.4 Å². The van der Waals surface area contributed by atoms with Gasteiger partial charge in [-0.1, -0.05) is 47.5 Å². The van der Waals surface area contributed by atoms with Crippen LogP contribution in [0.15, 0.2) is 77.8 Å². The Hall–Kier alpha value is -3.02. The number of carbonyl (C=O) groups excluding carboxylic acids is 1. The molecule has 3 aromatic rings. The van der Waals surface area contributed by atoms with Gasteiger partial charge in [0.05, 0.1) is 19.8 Å². The lowest BCUT2D eigenvalue weighted by atomic mass is 9.80. The van der Waals surface area contributed by atoms with Gasteiger partial charge in [0, 0.05) is 15.6 Å². The summed E-state index contributed by atoms with van der Waals surface area (Å²) in [5.41, 5.74) is 1.01. The van der Waals surface area contributed by atoms with Crippen molar-refractivity contribution in [2.75, 3.05) is 13.7 Å². The fourth-order valence-electron chi connectivity index (χ4n) is 3.85. The first-order valence-corrected chi connectivity index (χ1v) is 10.9. The van der Waals surface area contributed by atoms with E-state index in [9.17, 15) is 4.79 Å². The molecule has 0 amide bonds. The largest absolute Gasteiger partial charge is 0.497 e. The molecule has 5 nitrogen and oxygen atoms in total. The van der Waals surface area contributed by atoms with Gasteiger partial charge in [-0.25, -0.2) is 9.79 Å². The van der Waals surface area contributed by atoms with Gasteiger partial charge in [0.25, 0.3) is 0 Å². The Labute approximate surface area is 197 Å². The molecule has 164 valence electrons. The normalized spacial score (nSPS) is 19.8. The Balaban J connectivity index is 1.91. The van der Waals surface area contributed by atoms with Gasteiger partial charge in [0.2, 0.25) is 5.54 Å². The van der Waals surface area contributed by atoms with Crippen LogP contribution in [0.4, 0.5) is 0 Å². The zero-order valence-electron chi connectivity index (χ0n) is 17.6. The zero-order chi connectivity index (χ0) is 22.7. The molecular formula is C25H22Cl2N2O3. The molecular weight excluding hydrogens is 447 g/mol. The van der Waals surface area contributed by atoms with Crippen LogP contribution in [-0.4, -0.2) is 25.5 Å². The Bertz CT molecular complexity index is 1130. The fourth-order valence-corrected chi connectivity index (χ4v) is 4.10. The third kappa shape index (κ3) is 4.06. The number of nitrogens with zero attached hydrogens (tertiary/aromatic N) is 1. The molecule has 1 aliphatic rings. The first-order valence-electron chi connectivity index (χ1n) is 10.2. The summed E-state index contributed by atoms with van der Waals surface area (Å²) < 4.78 is 10.8. The Kier molecular flexibility index (Phi) is 6.40. The van der Waals surface area contributed by atoms with E-state index in [0.717, 1.165) is 16.9 Å². The Morgan fingerprint density at radius 3 is 2.12 bits per heavy atom. The maximum atomic E-state index is 13.5. The van der Waals surface area contributed by atoms with Crippen LogP contribution in [0.25, 0.3) is 0 Å². The minimum Gasteiger partial charge on any atom is -0.497 e. The van der Waals surface area contributed by atoms with Gasteiger partial charge in [0.1, 0.15) is 11.6 Å². The lowest BCUT2D eigenvalue weighted by Crippen LogP contribution is -2.43. The molecule has 0 unspecified atom stereocenters. The van der Waals surface area contributed by atoms with Crippen molar-refractivity contribution < 1.29 is 14.3 Å². The second kappa shape index (κ2) is 9.23. The van der Waals surface area contributed by atoms with Crippen LogP contribution in [0.1, 0.15) is 29.7 Å². The van der Waals surface area contributed by atoms with E-state index in [4.69, 9.17) is 37.7 Å². The smallest absolute Gasteiger partial charge is 0.341 e. The zero-order valence-corrected chi connectivity index (χ0v) is 19.2. The number of ether oxygens (including phenoxy) is 2. The van der Waals surface area contributed by atoms with Crippen molar-refractivity contribution >= 4 is 35.0 Å². The molecule has 0 aliphatic carbocycles. The third-order valence-electron chi connectivity index (χ3n) is 5.42. The van der Waals surface area contributed by atoms with Crippen LogP contribution in [0, 0.1) is 0 Å². The first-order chi connectivity index (χ1) is 15.5. The van der Waals surface area contributed by atoms with E-state index in [1.54, 1.807) is 38.3 Å². The number of methoxy groups -OCH3 is 1. The second-order valence-corrected chi connectivity index (χ2v) is 8.18. The predicted molar refractivity (Wildman–Crippen MR) is 127 cm³/mol. The molecule has 4 rings (SSSR count). The lowest BCUT2D eigenvalue weighted by Gasteiger charge is -2.31. The highest BCUT2D eigenvalue weighted by Gasteiger charge is 2.54. The Morgan fingerprint density at radius 1 is 0.969 bits per heavy atom. The van der Waals surface area contributed by atoms with Crippen molar-refractivity contribution in [3.8, 4) is 5.75 Å². The summed E-state index contributed by atoms with van der Waals surface area (Å²) in [5, 5.41) is 4.63. The number of rotatable bonds is 6.